The van der Waals surface area contributed by atoms with Crippen molar-refractivity contribution in [1.29, 1.82) is 0 Å². The molecule has 0 saturated heterocycles. The van der Waals surface area contributed by atoms with Crippen LogP contribution >= 0.6 is 0 Å². The fourth-order valence-electron chi connectivity index (χ4n) is 2.95. The molecule has 1 aromatic heterocycles. The van der Waals surface area contributed by atoms with Crippen LogP contribution in [-0.4, -0.2) is 35.7 Å². The molecule has 0 aliphatic heterocycles. The SMILES string of the molecule is COc1cc(CNc2ccc(S(N)(=O)=O)cc2)ccc1Oc1nnnn1-c1ccccc1. The molecule has 0 aliphatic carbocycles. The smallest absolute Gasteiger partial charge is 0.346 e. The third-order valence-corrected chi connectivity index (χ3v) is 5.48. The number of tetrazole rings is 1. The standard InChI is InChI=1S/C21H20N6O4S/c1-30-20-13-15(14-23-16-8-10-18(11-9-16)32(22,28)29)7-12-19(20)31-21-24-25-26-27(21)17-5-3-2-4-6-17/h2-13,23H,14H2,1H3,(H2,22,28,29). The quantitative estimate of drug-likeness (QED) is 0.417. The van der Waals surface area contributed by atoms with Crippen LogP contribution in [0, 0.1) is 0 Å². The van der Waals surface area contributed by atoms with Gasteiger partial charge in [-0.05, 0) is 64.5 Å². The summed E-state index contributed by atoms with van der Waals surface area (Å²) in [5.41, 5.74) is 2.44. The lowest BCUT2D eigenvalue weighted by atomic mass is 10.2. The number of ether oxygens (including phenoxy) is 2. The molecule has 4 aromatic rings. The Labute approximate surface area is 184 Å². The first-order chi connectivity index (χ1) is 15.4. The van der Waals surface area contributed by atoms with Gasteiger partial charge in [-0.25, -0.2) is 13.6 Å². The lowest BCUT2D eigenvalue weighted by molar-refractivity contribution is 0.363. The van der Waals surface area contributed by atoms with Crippen LogP contribution in [0.1, 0.15) is 5.56 Å². The van der Waals surface area contributed by atoms with Gasteiger partial charge in [0.15, 0.2) is 11.5 Å². The molecule has 32 heavy (non-hydrogen) atoms. The van der Waals surface area contributed by atoms with E-state index >= 15 is 0 Å². The van der Waals surface area contributed by atoms with Crippen LogP contribution in [0.5, 0.6) is 17.5 Å². The van der Waals surface area contributed by atoms with Crippen molar-refractivity contribution in [3.8, 4) is 23.2 Å². The van der Waals surface area contributed by atoms with E-state index in [0.29, 0.717) is 18.0 Å². The molecule has 4 rings (SSSR count). The van der Waals surface area contributed by atoms with Crippen LogP contribution in [-0.2, 0) is 16.6 Å². The summed E-state index contributed by atoms with van der Waals surface area (Å²) >= 11 is 0. The first-order valence-electron chi connectivity index (χ1n) is 9.49. The fourth-order valence-corrected chi connectivity index (χ4v) is 3.46. The van der Waals surface area contributed by atoms with Crippen LogP contribution in [0.3, 0.4) is 0 Å². The summed E-state index contributed by atoms with van der Waals surface area (Å²) in [6, 6.07) is 21.3. The van der Waals surface area contributed by atoms with Gasteiger partial charge in [0.05, 0.1) is 17.7 Å². The summed E-state index contributed by atoms with van der Waals surface area (Å²) < 4.78 is 35.6. The van der Waals surface area contributed by atoms with E-state index in [2.05, 4.69) is 20.8 Å². The fraction of sp³-hybridized carbons (Fsp3) is 0.0952. The Morgan fingerprint density at radius 2 is 1.75 bits per heavy atom. The number of nitrogens with one attached hydrogen (secondary N) is 1. The second-order valence-corrected chi connectivity index (χ2v) is 8.28. The van der Waals surface area contributed by atoms with E-state index in [9.17, 15) is 8.42 Å². The van der Waals surface area contributed by atoms with Crippen molar-refractivity contribution in [2.45, 2.75) is 11.4 Å². The van der Waals surface area contributed by atoms with Gasteiger partial charge in [0, 0.05) is 12.2 Å². The van der Waals surface area contributed by atoms with Crippen molar-refractivity contribution >= 4 is 15.7 Å². The van der Waals surface area contributed by atoms with E-state index in [4.69, 9.17) is 14.6 Å². The van der Waals surface area contributed by atoms with E-state index in [1.165, 1.54) is 16.8 Å². The zero-order chi connectivity index (χ0) is 22.6. The molecule has 0 saturated carbocycles. The Morgan fingerprint density at radius 3 is 2.44 bits per heavy atom. The number of hydrogen-bond donors (Lipinski definition) is 2. The molecule has 0 aliphatic rings. The van der Waals surface area contributed by atoms with Crippen molar-refractivity contribution in [2.24, 2.45) is 5.14 Å². The Morgan fingerprint density at radius 1 is 1.00 bits per heavy atom. The van der Waals surface area contributed by atoms with E-state index in [1.807, 2.05) is 42.5 Å². The minimum absolute atomic E-state index is 0.0593. The molecule has 11 heteroatoms. The number of hydrogen-bond acceptors (Lipinski definition) is 8. The predicted octanol–water partition coefficient (Wildman–Crippen LogP) is 2.72. The monoisotopic (exact) mass is 452 g/mol. The van der Waals surface area contributed by atoms with Crippen molar-refractivity contribution in [3.05, 3.63) is 78.4 Å². The molecule has 0 unspecified atom stereocenters. The van der Waals surface area contributed by atoms with Gasteiger partial charge in [-0.3, -0.25) is 0 Å². The maximum absolute atomic E-state index is 11.4. The molecular formula is C21H20N6O4S. The molecule has 0 spiro atoms. The van der Waals surface area contributed by atoms with E-state index in [-0.39, 0.29) is 10.9 Å². The lowest BCUT2D eigenvalue weighted by Crippen LogP contribution is -2.12. The highest BCUT2D eigenvalue weighted by Gasteiger charge is 2.14. The summed E-state index contributed by atoms with van der Waals surface area (Å²) in [6.07, 6.45) is 0. The van der Waals surface area contributed by atoms with Crippen molar-refractivity contribution in [2.75, 3.05) is 12.4 Å². The molecule has 0 amide bonds. The molecule has 0 atom stereocenters. The largest absolute Gasteiger partial charge is 0.493 e. The first kappa shape index (κ1) is 21.3. The second kappa shape index (κ2) is 9.04. The molecule has 10 nitrogen and oxygen atoms in total. The van der Waals surface area contributed by atoms with E-state index < -0.39 is 10.0 Å². The Bertz CT molecular complexity index is 1310. The van der Waals surface area contributed by atoms with Gasteiger partial charge < -0.3 is 14.8 Å². The third kappa shape index (κ3) is 4.85. The van der Waals surface area contributed by atoms with Crippen LogP contribution in [0.2, 0.25) is 0 Å². The van der Waals surface area contributed by atoms with Crippen molar-refractivity contribution in [1.82, 2.24) is 20.2 Å². The maximum atomic E-state index is 11.4. The predicted molar refractivity (Wildman–Crippen MR) is 117 cm³/mol. The lowest BCUT2D eigenvalue weighted by Gasteiger charge is -2.12. The molecule has 1 heterocycles. The van der Waals surface area contributed by atoms with Crippen LogP contribution in [0.25, 0.3) is 5.69 Å². The van der Waals surface area contributed by atoms with Gasteiger partial charge in [0.1, 0.15) is 0 Å². The first-order valence-corrected chi connectivity index (χ1v) is 11.0. The minimum atomic E-state index is -3.72. The zero-order valence-corrected chi connectivity index (χ0v) is 17.9. The molecule has 0 fully saturated rings. The highest BCUT2D eigenvalue weighted by molar-refractivity contribution is 7.89. The van der Waals surface area contributed by atoms with Gasteiger partial charge in [-0.15, -0.1) is 0 Å². The Balaban J connectivity index is 1.48. The molecule has 0 bridgehead atoms. The normalized spacial score (nSPS) is 11.2. The van der Waals surface area contributed by atoms with Gasteiger partial charge >= 0.3 is 6.01 Å². The van der Waals surface area contributed by atoms with Gasteiger partial charge in [0.25, 0.3) is 0 Å². The third-order valence-electron chi connectivity index (χ3n) is 4.55. The highest BCUT2D eigenvalue weighted by atomic mass is 32.2. The summed E-state index contributed by atoms with van der Waals surface area (Å²) in [5, 5.41) is 20.0. The zero-order valence-electron chi connectivity index (χ0n) is 17.0. The number of methoxy groups -OCH3 is 1. The van der Waals surface area contributed by atoms with Crippen LogP contribution in [0.15, 0.2) is 77.7 Å². The number of rotatable bonds is 8. The molecule has 3 N–H and O–H groups in total. The Kier molecular flexibility index (Phi) is 6.01. The minimum Gasteiger partial charge on any atom is -0.493 e. The van der Waals surface area contributed by atoms with Crippen LogP contribution in [0.4, 0.5) is 5.69 Å². The number of anilines is 1. The number of sulfonamides is 1. The molecule has 164 valence electrons. The highest BCUT2D eigenvalue weighted by Crippen LogP contribution is 2.32. The summed E-state index contributed by atoms with van der Waals surface area (Å²) in [4.78, 5) is 0.0593. The van der Waals surface area contributed by atoms with Crippen LogP contribution < -0.4 is 19.9 Å². The summed E-state index contributed by atoms with van der Waals surface area (Å²) in [5.74, 6) is 0.970. The van der Waals surface area contributed by atoms with E-state index in [0.717, 1.165) is 16.9 Å². The van der Waals surface area contributed by atoms with E-state index in [1.54, 1.807) is 25.3 Å². The van der Waals surface area contributed by atoms with Gasteiger partial charge in [-0.2, -0.15) is 4.68 Å². The Hall–Kier alpha value is -3.96. The number of benzene rings is 3. The average Bonchev–Trinajstić information content (AvgIpc) is 3.27. The molecular weight excluding hydrogens is 432 g/mol. The number of aromatic nitrogens is 4. The molecule has 3 aromatic carbocycles. The van der Waals surface area contributed by atoms with Gasteiger partial charge in [-0.1, -0.05) is 29.4 Å². The number of primary sulfonamides is 1. The number of nitrogens with zero attached hydrogens (tertiary/aromatic N) is 4. The summed E-state index contributed by atoms with van der Waals surface area (Å²) in [7, 11) is -2.17. The topological polar surface area (TPSA) is 134 Å². The maximum Gasteiger partial charge on any atom is 0.346 e. The molecule has 0 radical (unpaired) electrons. The van der Waals surface area contributed by atoms with Gasteiger partial charge in [0.2, 0.25) is 10.0 Å². The average molecular weight is 452 g/mol. The second-order valence-electron chi connectivity index (χ2n) is 6.72. The van der Waals surface area contributed by atoms with Crippen molar-refractivity contribution < 1.29 is 17.9 Å². The summed E-state index contributed by atoms with van der Waals surface area (Å²) in [6.45, 7) is 0.479. The number of para-hydroxylation sites is 1. The van der Waals surface area contributed by atoms with Crippen molar-refractivity contribution in [3.63, 3.8) is 0 Å². The number of nitrogens with two attached hydrogens (primary N) is 1.